The van der Waals surface area contributed by atoms with E-state index < -0.39 is 0 Å². The first-order valence-electron chi connectivity index (χ1n) is 7.65. The van der Waals surface area contributed by atoms with Gasteiger partial charge in [-0.05, 0) is 38.5 Å². The van der Waals surface area contributed by atoms with Crippen molar-refractivity contribution in [1.29, 1.82) is 0 Å². The van der Waals surface area contributed by atoms with Gasteiger partial charge in [0.15, 0.2) is 0 Å². The molecule has 1 aliphatic rings. The summed E-state index contributed by atoms with van der Waals surface area (Å²) in [6.07, 6.45) is 2.50. The molecular weight excluding hydrogens is 248 g/mol. The van der Waals surface area contributed by atoms with Crippen LogP contribution < -0.4 is 5.32 Å². The van der Waals surface area contributed by atoms with Crippen LogP contribution in [0.3, 0.4) is 0 Å². The Hall–Kier alpha value is -1.39. The number of aryl methyl sites for hydroxylation is 1. The molecule has 3 rings (SSSR count). The predicted molar refractivity (Wildman–Crippen MR) is 82.7 cm³/mol. The van der Waals surface area contributed by atoms with Crippen LogP contribution in [0.2, 0.25) is 0 Å². The molecule has 108 valence electrons. The number of fused-ring (bicyclic) bond motifs is 1. The average molecular weight is 272 g/mol. The summed E-state index contributed by atoms with van der Waals surface area (Å²) >= 11 is 0. The van der Waals surface area contributed by atoms with E-state index in [1.807, 2.05) is 11.7 Å². The normalized spacial score (nSPS) is 17.1. The molecule has 4 heteroatoms. The molecule has 0 saturated carbocycles. The van der Waals surface area contributed by atoms with Crippen LogP contribution in [0, 0.1) is 0 Å². The highest BCUT2D eigenvalue weighted by Gasteiger charge is 2.21. The standard InChI is InChI=1S/C16H24N4/c1-3-20(13-8-10-17-11-9-13)12-15-14-6-4-5-7-16(14)19(2)18-15/h4-7,13,17H,3,8-12H2,1-2H3. The molecule has 1 saturated heterocycles. The molecule has 2 heterocycles. The lowest BCUT2D eigenvalue weighted by Gasteiger charge is -2.33. The fourth-order valence-electron chi connectivity index (χ4n) is 3.27. The molecule has 0 amide bonds. The van der Waals surface area contributed by atoms with Crippen molar-refractivity contribution in [2.75, 3.05) is 19.6 Å². The van der Waals surface area contributed by atoms with Crippen LogP contribution in [0.4, 0.5) is 0 Å². The fraction of sp³-hybridized carbons (Fsp3) is 0.562. The van der Waals surface area contributed by atoms with E-state index in [0.717, 1.165) is 26.2 Å². The summed E-state index contributed by atoms with van der Waals surface area (Å²) in [4.78, 5) is 2.58. The van der Waals surface area contributed by atoms with Gasteiger partial charge in [-0.1, -0.05) is 25.1 Å². The Morgan fingerprint density at radius 3 is 2.80 bits per heavy atom. The van der Waals surface area contributed by atoms with Gasteiger partial charge in [0.1, 0.15) is 0 Å². The summed E-state index contributed by atoms with van der Waals surface area (Å²) in [5.74, 6) is 0. The van der Waals surface area contributed by atoms with Crippen molar-refractivity contribution >= 4 is 10.9 Å². The molecule has 0 bridgehead atoms. The first-order valence-corrected chi connectivity index (χ1v) is 7.65. The van der Waals surface area contributed by atoms with Crippen molar-refractivity contribution < 1.29 is 0 Å². The summed E-state index contributed by atoms with van der Waals surface area (Å²) in [6, 6.07) is 9.22. The van der Waals surface area contributed by atoms with Gasteiger partial charge in [-0.15, -0.1) is 0 Å². The van der Waals surface area contributed by atoms with Crippen molar-refractivity contribution in [3.05, 3.63) is 30.0 Å². The van der Waals surface area contributed by atoms with E-state index in [1.165, 1.54) is 29.4 Å². The first kappa shape index (κ1) is 13.6. The average Bonchev–Trinajstić information content (AvgIpc) is 2.82. The summed E-state index contributed by atoms with van der Waals surface area (Å²) in [5.41, 5.74) is 2.44. The Kier molecular flexibility index (Phi) is 4.03. The third-order valence-electron chi connectivity index (χ3n) is 4.42. The molecule has 0 unspecified atom stereocenters. The molecule has 1 aromatic heterocycles. The monoisotopic (exact) mass is 272 g/mol. The zero-order valence-corrected chi connectivity index (χ0v) is 12.5. The highest BCUT2D eigenvalue weighted by atomic mass is 15.3. The number of nitrogens with zero attached hydrogens (tertiary/aromatic N) is 3. The number of para-hydroxylation sites is 1. The van der Waals surface area contributed by atoms with Gasteiger partial charge in [-0.25, -0.2) is 0 Å². The molecule has 1 N–H and O–H groups in total. The Labute approximate surface area is 120 Å². The number of hydrogen-bond donors (Lipinski definition) is 1. The van der Waals surface area contributed by atoms with E-state index in [4.69, 9.17) is 5.10 Å². The predicted octanol–water partition coefficient (Wildman–Crippen LogP) is 2.15. The van der Waals surface area contributed by atoms with E-state index in [-0.39, 0.29) is 0 Å². The van der Waals surface area contributed by atoms with Crippen LogP contribution in [0.15, 0.2) is 24.3 Å². The maximum absolute atomic E-state index is 4.73. The first-order chi connectivity index (χ1) is 9.79. The third kappa shape index (κ3) is 2.58. The maximum atomic E-state index is 4.73. The van der Waals surface area contributed by atoms with Gasteiger partial charge in [-0.2, -0.15) is 5.10 Å². The smallest absolute Gasteiger partial charge is 0.0843 e. The molecular formula is C16H24N4. The Balaban J connectivity index is 1.83. The summed E-state index contributed by atoms with van der Waals surface area (Å²) in [5, 5.41) is 9.47. The molecule has 0 aliphatic carbocycles. The van der Waals surface area contributed by atoms with Gasteiger partial charge in [0.25, 0.3) is 0 Å². The lowest BCUT2D eigenvalue weighted by Crippen LogP contribution is -2.42. The molecule has 0 spiro atoms. The van der Waals surface area contributed by atoms with Crippen LogP contribution in [-0.4, -0.2) is 40.4 Å². The second-order valence-electron chi connectivity index (χ2n) is 5.63. The van der Waals surface area contributed by atoms with Gasteiger partial charge in [-0.3, -0.25) is 9.58 Å². The van der Waals surface area contributed by atoms with Crippen LogP contribution in [0.1, 0.15) is 25.5 Å². The fourth-order valence-corrected chi connectivity index (χ4v) is 3.27. The molecule has 1 aromatic carbocycles. The van der Waals surface area contributed by atoms with Gasteiger partial charge in [0, 0.05) is 25.0 Å². The van der Waals surface area contributed by atoms with Crippen molar-refractivity contribution in [3.63, 3.8) is 0 Å². The Morgan fingerprint density at radius 2 is 2.05 bits per heavy atom. The van der Waals surface area contributed by atoms with E-state index in [0.29, 0.717) is 6.04 Å². The molecule has 0 radical (unpaired) electrons. The van der Waals surface area contributed by atoms with Crippen LogP contribution in [0.5, 0.6) is 0 Å². The highest BCUT2D eigenvalue weighted by Crippen LogP contribution is 2.21. The SMILES string of the molecule is CCN(Cc1nn(C)c2ccccc12)C1CCNCC1. The Morgan fingerprint density at radius 1 is 1.30 bits per heavy atom. The quantitative estimate of drug-likeness (QED) is 0.926. The second kappa shape index (κ2) is 5.94. The lowest BCUT2D eigenvalue weighted by atomic mass is 10.0. The Bertz CT molecular complexity index is 569. The molecule has 20 heavy (non-hydrogen) atoms. The van der Waals surface area contributed by atoms with Crippen molar-refractivity contribution in [2.45, 2.75) is 32.4 Å². The topological polar surface area (TPSA) is 33.1 Å². The molecule has 1 aliphatic heterocycles. The van der Waals surface area contributed by atoms with Crippen molar-refractivity contribution in [2.24, 2.45) is 7.05 Å². The molecule has 2 aromatic rings. The van der Waals surface area contributed by atoms with E-state index in [1.54, 1.807) is 0 Å². The maximum Gasteiger partial charge on any atom is 0.0843 e. The zero-order chi connectivity index (χ0) is 13.9. The van der Waals surface area contributed by atoms with Crippen LogP contribution >= 0.6 is 0 Å². The van der Waals surface area contributed by atoms with Gasteiger partial charge in [0.2, 0.25) is 0 Å². The lowest BCUT2D eigenvalue weighted by molar-refractivity contribution is 0.160. The zero-order valence-electron chi connectivity index (χ0n) is 12.5. The molecule has 1 fully saturated rings. The minimum absolute atomic E-state index is 0.696. The van der Waals surface area contributed by atoms with Gasteiger partial charge in [0.05, 0.1) is 11.2 Å². The third-order valence-corrected chi connectivity index (χ3v) is 4.42. The minimum atomic E-state index is 0.696. The second-order valence-corrected chi connectivity index (χ2v) is 5.63. The highest BCUT2D eigenvalue weighted by molar-refractivity contribution is 5.81. The van der Waals surface area contributed by atoms with Crippen LogP contribution in [-0.2, 0) is 13.6 Å². The number of piperidine rings is 1. The molecule has 4 nitrogen and oxygen atoms in total. The van der Waals surface area contributed by atoms with E-state index >= 15 is 0 Å². The van der Waals surface area contributed by atoms with E-state index in [2.05, 4.69) is 41.4 Å². The summed E-state index contributed by atoms with van der Waals surface area (Å²) < 4.78 is 2.00. The minimum Gasteiger partial charge on any atom is -0.317 e. The number of benzene rings is 1. The number of aromatic nitrogens is 2. The van der Waals surface area contributed by atoms with Gasteiger partial charge >= 0.3 is 0 Å². The number of hydrogen-bond acceptors (Lipinski definition) is 3. The summed E-state index contributed by atoms with van der Waals surface area (Å²) in [6.45, 7) is 6.60. The number of nitrogens with one attached hydrogen (secondary N) is 1. The van der Waals surface area contributed by atoms with Gasteiger partial charge < -0.3 is 5.32 Å². The van der Waals surface area contributed by atoms with Crippen molar-refractivity contribution in [3.8, 4) is 0 Å². The summed E-state index contributed by atoms with van der Waals surface area (Å²) in [7, 11) is 2.03. The van der Waals surface area contributed by atoms with Crippen LogP contribution in [0.25, 0.3) is 10.9 Å². The van der Waals surface area contributed by atoms with E-state index in [9.17, 15) is 0 Å². The largest absolute Gasteiger partial charge is 0.317 e. The van der Waals surface area contributed by atoms with Crippen molar-refractivity contribution in [1.82, 2.24) is 20.0 Å². The molecule has 0 atom stereocenters. The number of rotatable bonds is 4.